The fourth-order valence-electron chi connectivity index (χ4n) is 3.90. The van der Waals surface area contributed by atoms with Gasteiger partial charge in [-0.1, -0.05) is 41.9 Å². The zero-order valence-corrected chi connectivity index (χ0v) is 17.5. The Morgan fingerprint density at radius 1 is 1.06 bits per heavy atom. The monoisotopic (exact) mass is 430 g/mol. The number of halogens is 1. The van der Waals surface area contributed by atoms with Gasteiger partial charge in [0.2, 0.25) is 0 Å². The molecule has 0 saturated heterocycles. The summed E-state index contributed by atoms with van der Waals surface area (Å²) in [4.78, 5) is 16.6. The molecule has 154 valence electrons. The van der Waals surface area contributed by atoms with E-state index in [-0.39, 0.29) is 18.9 Å². The molecule has 0 aliphatic carbocycles. The highest BCUT2D eigenvalue weighted by Crippen LogP contribution is 2.36. The summed E-state index contributed by atoms with van der Waals surface area (Å²) in [6.07, 6.45) is 3.68. The molecule has 0 unspecified atom stereocenters. The molecule has 8 heteroatoms. The average molecular weight is 431 g/mol. The van der Waals surface area contributed by atoms with Crippen LogP contribution in [0.5, 0.6) is 0 Å². The standard InChI is InChI=1S/C23H19ClN6O/c1-29-22(19-13-30(28-23(19)24)15-5-3-2-4-6-15)18(11-27-29)14-7-8-16-17(9-14)20(10-25)26-12-21(16)31/h2-9,11,13H,10,12,25H2,1H3. The van der Waals surface area contributed by atoms with E-state index >= 15 is 0 Å². The fraction of sp³-hybridized carbons (Fsp3) is 0.130. The highest BCUT2D eigenvalue weighted by molar-refractivity contribution is 6.32. The Bertz CT molecular complexity index is 1340. The third-order valence-corrected chi connectivity index (χ3v) is 5.71. The number of nitrogens with zero attached hydrogens (tertiary/aromatic N) is 5. The molecule has 5 rings (SSSR count). The maximum atomic E-state index is 12.3. The number of ketones is 1. The van der Waals surface area contributed by atoms with Crippen molar-refractivity contribution >= 4 is 23.1 Å². The van der Waals surface area contributed by atoms with Gasteiger partial charge in [0, 0.05) is 36.5 Å². The van der Waals surface area contributed by atoms with Gasteiger partial charge in [-0.15, -0.1) is 0 Å². The Hall–Kier alpha value is -3.55. The van der Waals surface area contributed by atoms with Crippen LogP contribution in [0, 0.1) is 0 Å². The van der Waals surface area contributed by atoms with Crippen LogP contribution < -0.4 is 5.73 Å². The smallest absolute Gasteiger partial charge is 0.184 e. The first-order valence-corrected chi connectivity index (χ1v) is 10.2. The SMILES string of the molecule is Cn1ncc(-c2ccc3c(c2)C(CN)=NCC3=O)c1-c1cn(-c2ccccc2)nc1Cl. The number of hydrogen-bond donors (Lipinski definition) is 1. The van der Waals surface area contributed by atoms with E-state index in [9.17, 15) is 4.79 Å². The molecule has 0 fully saturated rings. The van der Waals surface area contributed by atoms with Crippen molar-refractivity contribution < 1.29 is 4.79 Å². The van der Waals surface area contributed by atoms with E-state index in [1.807, 2.05) is 61.8 Å². The van der Waals surface area contributed by atoms with Gasteiger partial charge in [-0.05, 0) is 23.8 Å². The van der Waals surface area contributed by atoms with Crippen LogP contribution in [-0.4, -0.2) is 44.1 Å². The Kier molecular flexibility index (Phi) is 4.77. The summed E-state index contributed by atoms with van der Waals surface area (Å²) in [5.41, 5.74) is 12.3. The predicted octanol–water partition coefficient (Wildman–Crippen LogP) is 3.54. The Morgan fingerprint density at radius 3 is 2.65 bits per heavy atom. The third-order valence-electron chi connectivity index (χ3n) is 5.43. The van der Waals surface area contributed by atoms with Crippen molar-refractivity contribution in [1.29, 1.82) is 0 Å². The first-order valence-electron chi connectivity index (χ1n) is 9.81. The van der Waals surface area contributed by atoms with E-state index < -0.39 is 0 Å². The molecule has 2 aromatic heterocycles. The largest absolute Gasteiger partial charge is 0.325 e. The van der Waals surface area contributed by atoms with Gasteiger partial charge in [-0.3, -0.25) is 14.5 Å². The number of aromatic nitrogens is 4. The molecule has 31 heavy (non-hydrogen) atoms. The van der Waals surface area contributed by atoms with Crippen molar-refractivity contribution in [1.82, 2.24) is 19.6 Å². The van der Waals surface area contributed by atoms with Crippen LogP contribution in [0.3, 0.4) is 0 Å². The van der Waals surface area contributed by atoms with Crippen molar-refractivity contribution in [2.45, 2.75) is 0 Å². The van der Waals surface area contributed by atoms with Crippen LogP contribution in [0.2, 0.25) is 5.15 Å². The summed E-state index contributed by atoms with van der Waals surface area (Å²) in [7, 11) is 1.86. The molecular formula is C23H19ClN6O. The van der Waals surface area contributed by atoms with E-state index in [2.05, 4.69) is 15.2 Å². The summed E-state index contributed by atoms with van der Waals surface area (Å²) < 4.78 is 3.52. The molecule has 2 aromatic carbocycles. The van der Waals surface area contributed by atoms with Crippen LogP contribution in [0.15, 0.2) is 65.9 Å². The summed E-state index contributed by atoms with van der Waals surface area (Å²) >= 11 is 6.54. The molecule has 0 atom stereocenters. The molecule has 7 nitrogen and oxygen atoms in total. The molecule has 1 aliphatic heterocycles. The van der Waals surface area contributed by atoms with Crippen molar-refractivity contribution in [2.75, 3.05) is 13.1 Å². The molecule has 0 spiro atoms. The van der Waals surface area contributed by atoms with Crippen LogP contribution in [0.4, 0.5) is 0 Å². The molecule has 0 saturated carbocycles. The maximum Gasteiger partial charge on any atom is 0.184 e. The van der Waals surface area contributed by atoms with Crippen LogP contribution in [0.1, 0.15) is 15.9 Å². The minimum atomic E-state index is -0.00246. The molecule has 0 amide bonds. The average Bonchev–Trinajstić information content (AvgIpc) is 3.36. The second-order valence-corrected chi connectivity index (χ2v) is 7.65. The number of rotatable bonds is 4. The minimum absolute atomic E-state index is 0.00246. The number of aliphatic imine (C=N–C) groups is 1. The van der Waals surface area contributed by atoms with Gasteiger partial charge in [-0.2, -0.15) is 10.2 Å². The van der Waals surface area contributed by atoms with Crippen LogP contribution in [-0.2, 0) is 7.05 Å². The van der Waals surface area contributed by atoms with Crippen molar-refractivity contribution in [3.05, 3.63) is 77.2 Å². The Morgan fingerprint density at radius 2 is 1.87 bits per heavy atom. The number of para-hydroxylation sites is 1. The second kappa shape index (κ2) is 7.61. The van der Waals surface area contributed by atoms with Crippen molar-refractivity contribution in [3.63, 3.8) is 0 Å². The molecule has 3 heterocycles. The summed E-state index contributed by atoms with van der Waals surface area (Å²) in [6, 6.07) is 15.5. The van der Waals surface area contributed by atoms with Crippen molar-refractivity contribution in [2.24, 2.45) is 17.8 Å². The highest BCUT2D eigenvalue weighted by Gasteiger charge is 2.23. The van der Waals surface area contributed by atoms with Crippen molar-refractivity contribution in [3.8, 4) is 28.1 Å². The highest BCUT2D eigenvalue weighted by atomic mass is 35.5. The quantitative estimate of drug-likeness (QED) is 0.536. The lowest BCUT2D eigenvalue weighted by Crippen LogP contribution is -2.24. The van der Waals surface area contributed by atoms with Gasteiger partial charge < -0.3 is 5.73 Å². The number of carbonyl (C=O) groups excluding carboxylic acids is 1. The molecular weight excluding hydrogens is 412 g/mol. The second-order valence-electron chi connectivity index (χ2n) is 7.29. The maximum absolute atomic E-state index is 12.3. The lowest BCUT2D eigenvalue weighted by Gasteiger charge is -2.16. The first-order chi connectivity index (χ1) is 15.1. The fourth-order valence-corrected chi connectivity index (χ4v) is 4.12. The third kappa shape index (κ3) is 3.28. The van der Waals surface area contributed by atoms with E-state index in [1.165, 1.54) is 0 Å². The molecule has 2 N–H and O–H groups in total. The van der Waals surface area contributed by atoms with Gasteiger partial charge in [0.05, 0.1) is 28.9 Å². The molecule has 1 aliphatic rings. The molecule has 4 aromatic rings. The number of benzene rings is 2. The minimum Gasteiger partial charge on any atom is -0.325 e. The van der Waals surface area contributed by atoms with E-state index in [0.29, 0.717) is 10.7 Å². The summed E-state index contributed by atoms with van der Waals surface area (Å²) in [5, 5.41) is 9.32. The number of fused-ring (bicyclic) bond motifs is 1. The molecule has 0 radical (unpaired) electrons. The first kappa shape index (κ1) is 19.4. The number of carbonyl (C=O) groups is 1. The van der Waals surface area contributed by atoms with Gasteiger partial charge in [0.1, 0.15) is 6.54 Å². The summed E-state index contributed by atoms with van der Waals surface area (Å²) in [6.45, 7) is 0.421. The molecule has 0 bridgehead atoms. The normalized spacial score (nSPS) is 13.3. The van der Waals surface area contributed by atoms with Crippen LogP contribution >= 0.6 is 11.6 Å². The van der Waals surface area contributed by atoms with E-state index in [1.54, 1.807) is 15.6 Å². The van der Waals surface area contributed by atoms with Crippen LogP contribution in [0.25, 0.3) is 28.1 Å². The zero-order valence-electron chi connectivity index (χ0n) is 16.8. The van der Waals surface area contributed by atoms with Gasteiger partial charge in [0.25, 0.3) is 0 Å². The number of hydrogen-bond acceptors (Lipinski definition) is 5. The number of aryl methyl sites for hydroxylation is 1. The Labute approximate surface area is 183 Å². The van der Waals surface area contributed by atoms with Gasteiger partial charge in [-0.25, -0.2) is 4.68 Å². The van der Waals surface area contributed by atoms with Gasteiger partial charge in [0.15, 0.2) is 10.9 Å². The zero-order chi connectivity index (χ0) is 21.5. The lowest BCUT2D eigenvalue weighted by molar-refractivity contribution is 0.1000. The summed E-state index contributed by atoms with van der Waals surface area (Å²) in [5.74, 6) is -0.00246. The predicted molar refractivity (Wildman–Crippen MR) is 121 cm³/mol. The lowest BCUT2D eigenvalue weighted by atomic mass is 9.92. The Balaban J connectivity index is 1.64. The topological polar surface area (TPSA) is 91.1 Å². The number of nitrogens with two attached hydrogens (primary N) is 1. The van der Waals surface area contributed by atoms with E-state index in [4.69, 9.17) is 17.3 Å². The van der Waals surface area contributed by atoms with E-state index in [0.717, 1.165) is 39.3 Å². The van der Waals surface area contributed by atoms with Gasteiger partial charge >= 0.3 is 0 Å². The number of Topliss-reactive ketones (excluding diaryl/α,β-unsaturated/α-hetero) is 1.